The molecule has 3 aromatic carbocycles. The Bertz CT molecular complexity index is 1400. The van der Waals surface area contributed by atoms with Gasteiger partial charge in [0, 0.05) is 36.9 Å². The summed E-state index contributed by atoms with van der Waals surface area (Å²) in [7, 11) is -2.05. The molecule has 0 unspecified atom stereocenters. The lowest BCUT2D eigenvalue weighted by molar-refractivity contribution is -0.141. The molecule has 0 aliphatic heterocycles. The number of methoxy groups -OCH3 is 1. The third-order valence-corrected chi connectivity index (χ3v) is 8.46. The van der Waals surface area contributed by atoms with Crippen molar-refractivity contribution < 1.29 is 22.7 Å². The van der Waals surface area contributed by atoms with Crippen LogP contribution >= 0.6 is 15.9 Å². The van der Waals surface area contributed by atoms with Crippen LogP contribution in [0.4, 0.5) is 5.69 Å². The van der Waals surface area contributed by atoms with Crippen LogP contribution in [0.15, 0.2) is 83.3 Å². The smallest absolute Gasteiger partial charge is 0.243 e. The number of carbonyl (C=O) groups is 2. The van der Waals surface area contributed by atoms with Crippen LogP contribution in [0.2, 0.25) is 0 Å². The van der Waals surface area contributed by atoms with Gasteiger partial charge in [-0.05, 0) is 59.9 Å². The first kappa shape index (κ1) is 33.1. The molecule has 0 heterocycles. The molecule has 3 aromatic rings. The predicted molar refractivity (Wildman–Crippen MR) is 171 cm³/mol. The lowest BCUT2D eigenvalue weighted by Crippen LogP contribution is -2.51. The molecule has 0 bridgehead atoms. The Morgan fingerprint density at radius 2 is 1.57 bits per heavy atom. The van der Waals surface area contributed by atoms with E-state index in [9.17, 15) is 18.0 Å². The zero-order valence-corrected chi connectivity index (χ0v) is 27.0. The van der Waals surface area contributed by atoms with Crippen LogP contribution in [-0.2, 0) is 32.6 Å². The number of rotatable bonds is 15. The number of nitrogens with one attached hydrogen (secondary N) is 1. The lowest BCUT2D eigenvalue weighted by Gasteiger charge is -2.32. The number of carbonyl (C=O) groups excluding carboxylic acids is 2. The van der Waals surface area contributed by atoms with Crippen molar-refractivity contribution in [2.45, 2.75) is 45.7 Å². The molecule has 10 heteroatoms. The quantitative estimate of drug-likeness (QED) is 0.236. The minimum atomic E-state index is -3.60. The number of nitrogens with zero attached hydrogens (tertiary/aromatic N) is 2. The largest absolute Gasteiger partial charge is 0.497 e. The Morgan fingerprint density at radius 3 is 2.14 bits per heavy atom. The highest BCUT2D eigenvalue weighted by molar-refractivity contribution is 9.10. The molecule has 0 aliphatic carbocycles. The van der Waals surface area contributed by atoms with E-state index in [1.54, 1.807) is 36.3 Å². The Labute approximate surface area is 258 Å². The number of halogens is 1. The van der Waals surface area contributed by atoms with Gasteiger partial charge < -0.3 is 15.0 Å². The highest BCUT2D eigenvalue weighted by atomic mass is 79.9. The summed E-state index contributed by atoms with van der Waals surface area (Å²) in [6.07, 6.45) is 1.85. The standard InChI is InChI=1S/C32H40BrN3O5S/c1-24(2)22-34-32(38)30(21-25-9-6-5-7-10-25)35(23-26-12-14-27(33)15-13-26)31(37)11-8-20-36(42(4,39)40)28-16-18-29(41-3)19-17-28/h5-7,9-10,12-19,24,30H,8,11,20-23H2,1-4H3,(H,34,38)/t30-/m0/s1. The maximum atomic E-state index is 13.9. The average Bonchev–Trinajstić information content (AvgIpc) is 2.96. The zero-order chi connectivity index (χ0) is 30.7. The molecule has 0 fully saturated rings. The summed E-state index contributed by atoms with van der Waals surface area (Å²) in [6.45, 7) is 4.90. The normalized spacial score (nSPS) is 12.0. The third-order valence-electron chi connectivity index (χ3n) is 6.73. The first-order chi connectivity index (χ1) is 20.0. The van der Waals surface area contributed by atoms with Crippen molar-refractivity contribution in [2.24, 2.45) is 5.92 Å². The van der Waals surface area contributed by atoms with Crippen molar-refractivity contribution in [3.63, 3.8) is 0 Å². The van der Waals surface area contributed by atoms with E-state index in [0.29, 0.717) is 24.4 Å². The van der Waals surface area contributed by atoms with Crippen LogP contribution in [0.5, 0.6) is 5.75 Å². The number of hydrogen-bond donors (Lipinski definition) is 1. The van der Waals surface area contributed by atoms with Gasteiger partial charge in [-0.1, -0.05) is 72.2 Å². The van der Waals surface area contributed by atoms with Crippen molar-refractivity contribution in [3.05, 3.63) is 94.5 Å². The second-order valence-corrected chi connectivity index (χ2v) is 13.5. The van der Waals surface area contributed by atoms with Gasteiger partial charge in [-0.15, -0.1) is 0 Å². The molecule has 0 saturated carbocycles. The first-order valence-corrected chi connectivity index (χ1v) is 16.6. The number of amides is 2. The maximum Gasteiger partial charge on any atom is 0.243 e. The predicted octanol–water partition coefficient (Wildman–Crippen LogP) is 5.42. The van der Waals surface area contributed by atoms with Gasteiger partial charge in [0.15, 0.2) is 0 Å². The molecule has 1 atom stereocenters. The van der Waals surface area contributed by atoms with E-state index in [0.717, 1.165) is 21.9 Å². The number of anilines is 1. The summed E-state index contributed by atoms with van der Waals surface area (Å²) in [5.74, 6) is 0.434. The zero-order valence-electron chi connectivity index (χ0n) is 24.6. The van der Waals surface area contributed by atoms with Gasteiger partial charge in [-0.25, -0.2) is 8.42 Å². The van der Waals surface area contributed by atoms with E-state index in [-0.39, 0.29) is 43.7 Å². The molecule has 226 valence electrons. The molecular formula is C32H40BrN3O5S. The van der Waals surface area contributed by atoms with Crippen LogP contribution in [0.25, 0.3) is 0 Å². The minimum Gasteiger partial charge on any atom is -0.497 e. The van der Waals surface area contributed by atoms with Crippen molar-refractivity contribution in [1.29, 1.82) is 0 Å². The molecule has 0 spiro atoms. The molecular weight excluding hydrogens is 618 g/mol. The Morgan fingerprint density at radius 1 is 0.929 bits per heavy atom. The fourth-order valence-corrected chi connectivity index (χ4v) is 5.75. The molecule has 2 amide bonds. The summed E-state index contributed by atoms with van der Waals surface area (Å²) >= 11 is 3.46. The molecule has 0 saturated heterocycles. The second kappa shape index (κ2) is 15.7. The molecule has 42 heavy (non-hydrogen) atoms. The molecule has 0 radical (unpaired) electrons. The van der Waals surface area contributed by atoms with Crippen molar-refractivity contribution in [2.75, 3.05) is 30.8 Å². The SMILES string of the molecule is COc1ccc(N(CCCC(=O)N(Cc2ccc(Br)cc2)[C@@H](Cc2ccccc2)C(=O)NCC(C)C)S(C)(=O)=O)cc1. The topological polar surface area (TPSA) is 96.0 Å². The van der Waals surface area contributed by atoms with Gasteiger partial charge in [0.2, 0.25) is 21.8 Å². The Balaban J connectivity index is 1.86. The fourth-order valence-electron chi connectivity index (χ4n) is 4.52. The Kier molecular flexibility index (Phi) is 12.4. The fraction of sp³-hybridized carbons (Fsp3) is 0.375. The molecule has 1 N–H and O–H groups in total. The van der Waals surface area contributed by atoms with Gasteiger partial charge in [0.05, 0.1) is 19.1 Å². The average molecular weight is 659 g/mol. The minimum absolute atomic E-state index is 0.0709. The first-order valence-electron chi connectivity index (χ1n) is 13.9. The van der Waals surface area contributed by atoms with Gasteiger partial charge in [0.1, 0.15) is 11.8 Å². The monoisotopic (exact) mass is 657 g/mol. The van der Waals surface area contributed by atoms with Gasteiger partial charge in [-0.2, -0.15) is 0 Å². The van der Waals surface area contributed by atoms with E-state index < -0.39 is 16.1 Å². The lowest BCUT2D eigenvalue weighted by atomic mass is 10.0. The van der Waals surface area contributed by atoms with E-state index in [2.05, 4.69) is 21.2 Å². The molecule has 0 aliphatic rings. The van der Waals surface area contributed by atoms with E-state index in [4.69, 9.17) is 4.74 Å². The summed E-state index contributed by atoms with van der Waals surface area (Å²) in [5.41, 5.74) is 2.32. The third kappa shape index (κ3) is 10.2. The number of hydrogen-bond acceptors (Lipinski definition) is 5. The van der Waals surface area contributed by atoms with Crippen molar-refractivity contribution >= 4 is 43.5 Å². The van der Waals surface area contributed by atoms with Crippen LogP contribution < -0.4 is 14.4 Å². The van der Waals surface area contributed by atoms with Gasteiger partial charge >= 0.3 is 0 Å². The second-order valence-electron chi connectivity index (χ2n) is 10.6. The molecule has 3 rings (SSSR count). The van der Waals surface area contributed by atoms with E-state index >= 15 is 0 Å². The van der Waals surface area contributed by atoms with Crippen LogP contribution in [-0.4, -0.2) is 57.6 Å². The number of sulfonamides is 1. The van der Waals surface area contributed by atoms with E-state index in [1.807, 2.05) is 68.4 Å². The molecule has 8 nitrogen and oxygen atoms in total. The maximum absolute atomic E-state index is 13.9. The summed E-state index contributed by atoms with van der Waals surface area (Å²) in [5, 5.41) is 3.02. The number of ether oxygens (including phenoxy) is 1. The number of benzene rings is 3. The highest BCUT2D eigenvalue weighted by Gasteiger charge is 2.30. The van der Waals surface area contributed by atoms with Crippen LogP contribution in [0.3, 0.4) is 0 Å². The summed E-state index contributed by atoms with van der Waals surface area (Å²) < 4.78 is 32.7. The highest BCUT2D eigenvalue weighted by Crippen LogP contribution is 2.23. The van der Waals surface area contributed by atoms with Crippen molar-refractivity contribution in [3.8, 4) is 5.75 Å². The summed E-state index contributed by atoms with van der Waals surface area (Å²) in [4.78, 5) is 29.1. The van der Waals surface area contributed by atoms with Crippen LogP contribution in [0, 0.1) is 5.92 Å². The van der Waals surface area contributed by atoms with E-state index in [1.165, 1.54) is 4.31 Å². The van der Waals surface area contributed by atoms with Crippen LogP contribution in [0.1, 0.15) is 37.8 Å². The molecule has 0 aromatic heterocycles. The summed E-state index contributed by atoms with van der Waals surface area (Å²) in [6, 6.07) is 23.3. The van der Waals surface area contributed by atoms with Crippen molar-refractivity contribution in [1.82, 2.24) is 10.2 Å². The van der Waals surface area contributed by atoms with Gasteiger partial charge in [-0.3, -0.25) is 13.9 Å². The van der Waals surface area contributed by atoms with Gasteiger partial charge in [0.25, 0.3) is 0 Å². The Hall–Kier alpha value is -3.37.